The number of nitrogens with zero attached hydrogens (tertiary/aromatic N) is 3. The van der Waals surface area contributed by atoms with E-state index in [0.717, 1.165) is 29.2 Å². The van der Waals surface area contributed by atoms with Crippen LogP contribution in [0.3, 0.4) is 0 Å². The highest BCUT2D eigenvalue weighted by atomic mass is 32.2. The van der Waals surface area contributed by atoms with Crippen LogP contribution < -0.4 is 4.74 Å². The van der Waals surface area contributed by atoms with Gasteiger partial charge in [0.1, 0.15) is 11.9 Å². The first kappa shape index (κ1) is 16.7. The minimum atomic E-state index is -3.33. The maximum atomic E-state index is 12.1. The monoisotopic (exact) mass is 327 g/mol. The van der Waals surface area contributed by atoms with Gasteiger partial charge in [0, 0.05) is 39.2 Å². The zero-order chi connectivity index (χ0) is 16.2. The summed E-state index contributed by atoms with van der Waals surface area (Å²) in [4.78, 5) is 17.8. The van der Waals surface area contributed by atoms with E-state index in [1.54, 1.807) is 17.3 Å². The van der Waals surface area contributed by atoms with Crippen molar-refractivity contribution in [2.75, 3.05) is 32.9 Å². The molecular formula is C14H21N3O4S. The molecule has 2 rings (SSSR count). The van der Waals surface area contributed by atoms with E-state index in [0.29, 0.717) is 13.1 Å². The number of ether oxygens (including phenoxy) is 1. The molecule has 1 saturated heterocycles. The van der Waals surface area contributed by atoms with Crippen LogP contribution >= 0.6 is 0 Å². The number of pyridine rings is 1. The van der Waals surface area contributed by atoms with E-state index >= 15 is 0 Å². The summed E-state index contributed by atoms with van der Waals surface area (Å²) in [6.45, 7) is 1.02. The smallest absolute Gasteiger partial charge is 0.237 e. The average Bonchev–Trinajstić information content (AvgIpc) is 2.48. The van der Waals surface area contributed by atoms with Crippen molar-refractivity contribution in [3.8, 4) is 5.75 Å². The van der Waals surface area contributed by atoms with Gasteiger partial charge in [-0.2, -0.15) is 4.31 Å². The van der Waals surface area contributed by atoms with Gasteiger partial charge in [0.05, 0.1) is 19.0 Å². The highest BCUT2D eigenvalue weighted by Crippen LogP contribution is 2.18. The van der Waals surface area contributed by atoms with Crippen LogP contribution in [0.25, 0.3) is 0 Å². The fraction of sp³-hybridized carbons (Fsp3) is 0.571. The maximum absolute atomic E-state index is 12.1. The average molecular weight is 327 g/mol. The molecule has 122 valence electrons. The van der Waals surface area contributed by atoms with Crippen molar-refractivity contribution in [2.24, 2.45) is 0 Å². The molecule has 0 N–H and O–H groups in total. The quantitative estimate of drug-likeness (QED) is 0.779. The van der Waals surface area contributed by atoms with E-state index in [-0.39, 0.29) is 18.6 Å². The fourth-order valence-electron chi connectivity index (χ4n) is 2.24. The molecule has 0 radical (unpaired) electrons. The van der Waals surface area contributed by atoms with E-state index in [1.807, 2.05) is 12.1 Å². The number of sulfonamides is 1. The van der Waals surface area contributed by atoms with Crippen LogP contribution in [0.2, 0.25) is 0 Å². The van der Waals surface area contributed by atoms with Crippen molar-refractivity contribution in [3.05, 3.63) is 24.5 Å². The molecule has 8 heteroatoms. The van der Waals surface area contributed by atoms with Crippen LogP contribution in [-0.2, 0) is 14.8 Å². The normalized spacial score (nSPS) is 16.8. The number of piperidine rings is 1. The Morgan fingerprint density at radius 3 is 2.68 bits per heavy atom. The predicted molar refractivity (Wildman–Crippen MR) is 81.9 cm³/mol. The molecule has 1 aliphatic heterocycles. The standard InChI is InChI=1S/C14H21N3O4S/c1-16(22(2,19)20)11-14(18)17-8-5-12(6-9-17)21-13-4-3-7-15-10-13/h3-4,7,10,12H,5-6,8-9,11H2,1-2H3. The largest absolute Gasteiger partial charge is 0.489 e. The van der Waals surface area contributed by atoms with Crippen LogP contribution in [0, 0.1) is 0 Å². The summed E-state index contributed by atoms with van der Waals surface area (Å²) in [5, 5.41) is 0. The number of hydrogen-bond acceptors (Lipinski definition) is 5. The molecule has 1 aromatic rings. The molecule has 0 aromatic carbocycles. The van der Waals surface area contributed by atoms with Crippen LogP contribution in [0.15, 0.2) is 24.5 Å². The highest BCUT2D eigenvalue weighted by Gasteiger charge is 2.26. The van der Waals surface area contributed by atoms with E-state index in [4.69, 9.17) is 4.74 Å². The first-order valence-corrected chi connectivity index (χ1v) is 8.97. The summed E-state index contributed by atoms with van der Waals surface area (Å²) in [6, 6.07) is 3.67. The Labute approximate surface area is 130 Å². The Morgan fingerprint density at radius 1 is 1.45 bits per heavy atom. The second-order valence-electron chi connectivity index (χ2n) is 5.41. The summed E-state index contributed by atoms with van der Waals surface area (Å²) in [7, 11) is -1.93. The molecule has 0 bridgehead atoms. The van der Waals surface area contributed by atoms with E-state index < -0.39 is 10.0 Å². The van der Waals surface area contributed by atoms with Gasteiger partial charge in [-0.3, -0.25) is 9.78 Å². The molecule has 1 aliphatic rings. The lowest BCUT2D eigenvalue weighted by Gasteiger charge is -2.32. The topological polar surface area (TPSA) is 79.8 Å². The number of amides is 1. The minimum absolute atomic E-state index is 0.0564. The number of aromatic nitrogens is 1. The van der Waals surface area contributed by atoms with Crippen LogP contribution in [-0.4, -0.2) is 67.6 Å². The Morgan fingerprint density at radius 2 is 2.14 bits per heavy atom. The zero-order valence-corrected chi connectivity index (χ0v) is 13.6. The second kappa shape index (κ2) is 7.06. The van der Waals surface area contributed by atoms with Gasteiger partial charge in [-0.05, 0) is 12.1 Å². The van der Waals surface area contributed by atoms with Crippen LogP contribution in [0.1, 0.15) is 12.8 Å². The summed E-state index contributed by atoms with van der Waals surface area (Å²) in [5.41, 5.74) is 0. The molecule has 2 heterocycles. The SMILES string of the molecule is CN(CC(=O)N1CCC(Oc2cccnc2)CC1)S(C)(=O)=O. The van der Waals surface area contributed by atoms with Crippen molar-refractivity contribution < 1.29 is 17.9 Å². The molecule has 0 saturated carbocycles. The van der Waals surface area contributed by atoms with Gasteiger partial charge in [-0.1, -0.05) is 0 Å². The highest BCUT2D eigenvalue weighted by molar-refractivity contribution is 7.88. The van der Waals surface area contributed by atoms with E-state index in [1.165, 1.54) is 7.05 Å². The number of hydrogen-bond donors (Lipinski definition) is 0. The Hall–Kier alpha value is -1.67. The van der Waals surface area contributed by atoms with Crippen molar-refractivity contribution in [1.82, 2.24) is 14.2 Å². The molecular weight excluding hydrogens is 306 g/mol. The van der Waals surface area contributed by atoms with Crippen LogP contribution in [0.5, 0.6) is 5.75 Å². The summed E-state index contributed by atoms with van der Waals surface area (Å²) in [6.07, 6.45) is 5.95. The predicted octanol–water partition coefficient (Wildman–Crippen LogP) is 0.343. The molecule has 0 spiro atoms. The number of carbonyl (C=O) groups excluding carboxylic acids is 1. The van der Waals surface area contributed by atoms with Gasteiger partial charge in [-0.15, -0.1) is 0 Å². The van der Waals surface area contributed by atoms with Gasteiger partial charge >= 0.3 is 0 Å². The molecule has 0 atom stereocenters. The van der Waals surface area contributed by atoms with Gasteiger partial charge in [0.2, 0.25) is 15.9 Å². The van der Waals surface area contributed by atoms with E-state index in [9.17, 15) is 13.2 Å². The third-order valence-corrected chi connectivity index (χ3v) is 4.92. The molecule has 1 fully saturated rings. The number of carbonyl (C=O) groups is 1. The van der Waals surface area contributed by atoms with Crippen molar-refractivity contribution in [1.29, 1.82) is 0 Å². The van der Waals surface area contributed by atoms with Crippen molar-refractivity contribution in [3.63, 3.8) is 0 Å². The molecule has 0 unspecified atom stereocenters. The summed E-state index contributed by atoms with van der Waals surface area (Å²) >= 11 is 0. The van der Waals surface area contributed by atoms with Crippen LogP contribution in [0.4, 0.5) is 0 Å². The Balaban J connectivity index is 1.80. The molecule has 22 heavy (non-hydrogen) atoms. The van der Waals surface area contributed by atoms with Gasteiger partial charge in [0.15, 0.2) is 0 Å². The molecule has 7 nitrogen and oxygen atoms in total. The number of rotatable bonds is 5. The van der Waals surface area contributed by atoms with Gasteiger partial charge in [-0.25, -0.2) is 8.42 Å². The molecule has 1 aromatic heterocycles. The third-order valence-electron chi connectivity index (χ3n) is 3.66. The Kier molecular flexibility index (Phi) is 5.36. The lowest BCUT2D eigenvalue weighted by molar-refractivity contribution is -0.133. The summed E-state index contributed by atoms with van der Waals surface area (Å²) < 4.78 is 29.5. The lowest BCUT2D eigenvalue weighted by Crippen LogP contribution is -2.46. The maximum Gasteiger partial charge on any atom is 0.237 e. The van der Waals surface area contributed by atoms with Crippen molar-refractivity contribution in [2.45, 2.75) is 18.9 Å². The second-order valence-corrected chi connectivity index (χ2v) is 7.50. The number of likely N-dealkylation sites (N-methyl/N-ethyl adjacent to an activating group) is 1. The van der Waals surface area contributed by atoms with Crippen molar-refractivity contribution >= 4 is 15.9 Å². The molecule has 1 amide bonds. The summed E-state index contributed by atoms with van der Waals surface area (Å²) in [5.74, 6) is 0.553. The zero-order valence-electron chi connectivity index (χ0n) is 12.8. The minimum Gasteiger partial charge on any atom is -0.489 e. The van der Waals surface area contributed by atoms with E-state index in [2.05, 4.69) is 4.98 Å². The third kappa shape index (κ3) is 4.67. The van der Waals surface area contributed by atoms with Gasteiger partial charge in [0.25, 0.3) is 0 Å². The first-order chi connectivity index (χ1) is 10.4. The number of likely N-dealkylation sites (tertiary alicyclic amines) is 1. The lowest BCUT2D eigenvalue weighted by atomic mass is 10.1. The first-order valence-electron chi connectivity index (χ1n) is 7.12. The fourth-order valence-corrected chi connectivity index (χ4v) is 2.58. The Bertz CT molecular complexity index is 598. The van der Waals surface area contributed by atoms with Gasteiger partial charge < -0.3 is 9.64 Å². The molecule has 0 aliphatic carbocycles.